The van der Waals surface area contributed by atoms with Gasteiger partial charge in [-0.15, -0.1) is 0 Å². The summed E-state index contributed by atoms with van der Waals surface area (Å²) in [6.07, 6.45) is 0. The number of benzene rings is 2. The lowest BCUT2D eigenvalue weighted by Crippen LogP contribution is -2.30. The molecule has 1 aliphatic heterocycles. The number of carbonyl (C=O) groups excluding carboxylic acids is 2. The molecule has 1 N–H and O–H groups in total. The molecule has 1 aliphatic rings. The van der Waals surface area contributed by atoms with Crippen LogP contribution >= 0.6 is 0 Å². The van der Waals surface area contributed by atoms with E-state index in [0.29, 0.717) is 5.56 Å². The number of hydrogen-bond acceptors (Lipinski definition) is 2. The van der Waals surface area contributed by atoms with Crippen LogP contribution in [0, 0.1) is 5.82 Å². The van der Waals surface area contributed by atoms with Crippen molar-refractivity contribution in [3.8, 4) is 0 Å². The average Bonchev–Trinajstić information content (AvgIpc) is 2.77. The highest BCUT2D eigenvalue weighted by Crippen LogP contribution is 2.23. The van der Waals surface area contributed by atoms with Crippen molar-refractivity contribution in [1.82, 2.24) is 10.2 Å². The van der Waals surface area contributed by atoms with Gasteiger partial charge in [-0.05, 0) is 23.3 Å². The molecule has 106 valence electrons. The maximum absolute atomic E-state index is 12.9. The van der Waals surface area contributed by atoms with Crippen molar-refractivity contribution in [2.75, 3.05) is 0 Å². The Kier molecular flexibility index (Phi) is 3.39. The predicted octanol–water partition coefficient (Wildman–Crippen LogP) is 2.62. The molecule has 4 nitrogen and oxygen atoms in total. The van der Waals surface area contributed by atoms with Crippen LogP contribution < -0.4 is 5.32 Å². The van der Waals surface area contributed by atoms with Gasteiger partial charge in [0.15, 0.2) is 0 Å². The standard InChI is InChI=1S/C16H13FN2O2/c17-13-8-6-12(7-9-13)14-15(20)19(16(21)18-14)10-11-4-2-1-3-5-11/h1-9,14H,10H2,(H,18,21). The number of nitrogens with one attached hydrogen (secondary N) is 1. The molecule has 5 heteroatoms. The van der Waals surface area contributed by atoms with Crippen LogP contribution in [0.2, 0.25) is 0 Å². The maximum Gasteiger partial charge on any atom is 0.325 e. The number of carbonyl (C=O) groups is 2. The Labute approximate surface area is 121 Å². The number of nitrogens with zero attached hydrogens (tertiary/aromatic N) is 1. The van der Waals surface area contributed by atoms with E-state index >= 15 is 0 Å². The average molecular weight is 284 g/mol. The van der Waals surface area contributed by atoms with E-state index in [4.69, 9.17) is 0 Å². The van der Waals surface area contributed by atoms with Crippen molar-refractivity contribution >= 4 is 11.9 Å². The first kappa shape index (κ1) is 13.3. The first-order valence-electron chi connectivity index (χ1n) is 6.56. The molecule has 0 aromatic heterocycles. The number of amides is 3. The summed E-state index contributed by atoms with van der Waals surface area (Å²) in [4.78, 5) is 25.5. The molecule has 1 heterocycles. The van der Waals surface area contributed by atoms with Crippen LogP contribution in [-0.2, 0) is 11.3 Å². The third-order valence-electron chi connectivity index (χ3n) is 3.41. The van der Waals surface area contributed by atoms with Crippen molar-refractivity contribution in [2.45, 2.75) is 12.6 Å². The molecule has 0 saturated carbocycles. The summed E-state index contributed by atoms with van der Waals surface area (Å²) in [5, 5.41) is 2.62. The molecular weight excluding hydrogens is 271 g/mol. The predicted molar refractivity (Wildman–Crippen MR) is 74.7 cm³/mol. The molecule has 1 atom stereocenters. The van der Waals surface area contributed by atoms with Gasteiger partial charge >= 0.3 is 6.03 Å². The summed E-state index contributed by atoms with van der Waals surface area (Å²) in [5.74, 6) is -0.702. The Hall–Kier alpha value is -2.69. The minimum Gasteiger partial charge on any atom is -0.322 e. The maximum atomic E-state index is 12.9. The topological polar surface area (TPSA) is 49.4 Å². The first-order chi connectivity index (χ1) is 10.1. The highest BCUT2D eigenvalue weighted by atomic mass is 19.1. The van der Waals surface area contributed by atoms with Crippen molar-refractivity contribution in [3.63, 3.8) is 0 Å². The van der Waals surface area contributed by atoms with E-state index in [1.54, 1.807) is 0 Å². The third kappa shape index (κ3) is 2.63. The van der Waals surface area contributed by atoms with Crippen molar-refractivity contribution in [1.29, 1.82) is 0 Å². The fourth-order valence-electron chi connectivity index (χ4n) is 2.32. The van der Waals surface area contributed by atoms with E-state index in [1.165, 1.54) is 29.2 Å². The van der Waals surface area contributed by atoms with E-state index in [0.717, 1.165) is 5.56 Å². The molecule has 0 bridgehead atoms. The number of urea groups is 1. The lowest BCUT2D eigenvalue weighted by molar-refractivity contribution is -0.128. The lowest BCUT2D eigenvalue weighted by atomic mass is 10.1. The quantitative estimate of drug-likeness (QED) is 0.881. The van der Waals surface area contributed by atoms with Crippen molar-refractivity contribution in [2.24, 2.45) is 0 Å². The zero-order valence-corrected chi connectivity index (χ0v) is 11.1. The molecule has 2 aromatic carbocycles. The van der Waals surface area contributed by atoms with Crippen molar-refractivity contribution < 1.29 is 14.0 Å². The number of imide groups is 1. The summed E-state index contributed by atoms with van der Waals surface area (Å²) >= 11 is 0. The van der Waals surface area contributed by atoms with Crippen LogP contribution in [-0.4, -0.2) is 16.8 Å². The second kappa shape index (κ2) is 5.36. The summed E-state index contributed by atoms with van der Waals surface area (Å²) in [6.45, 7) is 0.225. The molecule has 0 radical (unpaired) electrons. The van der Waals surface area contributed by atoms with Gasteiger partial charge in [0.1, 0.15) is 11.9 Å². The smallest absolute Gasteiger partial charge is 0.322 e. The highest BCUT2D eigenvalue weighted by molar-refractivity contribution is 6.04. The van der Waals surface area contributed by atoms with Crippen LogP contribution in [0.1, 0.15) is 17.2 Å². The van der Waals surface area contributed by atoms with Gasteiger partial charge in [-0.2, -0.15) is 0 Å². The largest absolute Gasteiger partial charge is 0.325 e. The SMILES string of the molecule is O=C1NC(c2ccc(F)cc2)C(=O)N1Cc1ccccc1. The zero-order chi connectivity index (χ0) is 14.8. The molecule has 2 aromatic rings. The highest BCUT2D eigenvalue weighted by Gasteiger charge is 2.38. The molecule has 3 amide bonds. The Morgan fingerprint density at radius 3 is 2.33 bits per heavy atom. The van der Waals surface area contributed by atoms with E-state index in [2.05, 4.69) is 5.32 Å². The summed E-state index contributed by atoms with van der Waals surface area (Å²) in [5.41, 5.74) is 1.45. The molecular formula is C16H13FN2O2. The third-order valence-corrected chi connectivity index (χ3v) is 3.41. The van der Waals surface area contributed by atoms with Crippen LogP contribution in [0.3, 0.4) is 0 Å². The Balaban J connectivity index is 1.80. The fraction of sp³-hybridized carbons (Fsp3) is 0.125. The fourth-order valence-corrected chi connectivity index (χ4v) is 2.32. The monoisotopic (exact) mass is 284 g/mol. The summed E-state index contributed by atoms with van der Waals surface area (Å²) in [7, 11) is 0. The minimum atomic E-state index is -0.748. The van der Waals surface area contributed by atoms with Crippen LogP contribution in [0.15, 0.2) is 54.6 Å². The van der Waals surface area contributed by atoms with Crippen molar-refractivity contribution in [3.05, 3.63) is 71.5 Å². The Bertz CT molecular complexity index is 670. The number of halogens is 1. The molecule has 21 heavy (non-hydrogen) atoms. The number of hydrogen-bond donors (Lipinski definition) is 1. The summed E-state index contributed by atoms with van der Waals surface area (Å²) in [6, 6.07) is 13.7. The molecule has 1 saturated heterocycles. The van der Waals surface area contributed by atoms with Gasteiger partial charge in [0.2, 0.25) is 0 Å². The van der Waals surface area contributed by atoms with Gasteiger partial charge in [-0.1, -0.05) is 42.5 Å². The molecule has 1 unspecified atom stereocenters. The zero-order valence-electron chi connectivity index (χ0n) is 11.1. The first-order valence-corrected chi connectivity index (χ1v) is 6.56. The van der Waals surface area contributed by atoms with E-state index in [9.17, 15) is 14.0 Å². The second-order valence-electron chi connectivity index (χ2n) is 4.84. The number of rotatable bonds is 3. The normalized spacial score (nSPS) is 18.0. The van der Waals surface area contributed by atoms with E-state index < -0.39 is 12.1 Å². The summed E-state index contributed by atoms with van der Waals surface area (Å²) < 4.78 is 12.9. The minimum absolute atomic E-state index is 0.225. The Morgan fingerprint density at radius 1 is 1.00 bits per heavy atom. The van der Waals surface area contributed by atoms with Gasteiger partial charge in [-0.25, -0.2) is 9.18 Å². The van der Waals surface area contributed by atoms with Crippen LogP contribution in [0.25, 0.3) is 0 Å². The molecule has 3 rings (SSSR count). The molecule has 0 aliphatic carbocycles. The molecule has 1 fully saturated rings. The van der Waals surface area contributed by atoms with Crippen LogP contribution in [0.4, 0.5) is 9.18 Å². The van der Waals surface area contributed by atoms with E-state index in [-0.39, 0.29) is 18.3 Å². The van der Waals surface area contributed by atoms with Gasteiger partial charge in [0, 0.05) is 0 Å². The van der Waals surface area contributed by atoms with Gasteiger partial charge in [0.25, 0.3) is 5.91 Å². The van der Waals surface area contributed by atoms with Gasteiger partial charge in [0.05, 0.1) is 6.54 Å². The van der Waals surface area contributed by atoms with Gasteiger partial charge < -0.3 is 5.32 Å². The van der Waals surface area contributed by atoms with Gasteiger partial charge in [-0.3, -0.25) is 9.69 Å². The lowest BCUT2D eigenvalue weighted by Gasteiger charge is -2.13. The second-order valence-corrected chi connectivity index (χ2v) is 4.84. The van der Waals surface area contributed by atoms with Crippen LogP contribution in [0.5, 0.6) is 0 Å². The van der Waals surface area contributed by atoms with E-state index in [1.807, 2.05) is 30.3 Å². The molecule has 0 spiro atoms. The Morgan fingerprint density at radius 2 is 1.67 bits per heavy atom.